The minimum absolute atomic E-state index is 0.185. The molecule has 27 heavy (non-hydrogen) atoms. The van der Waals surface area contributed by atoms with E-state index in [4.69, 9.17) is 9.47 Å². The van der Waals surface area contributed by atoms with Gasteiger partial charge in [0.2, 0.25) is 0 Å². The van der Waals surface area contributed by atoms with E-state index < -0.39 is 17.4 Å². The zero-order chi connectivity index (χ0) is 20.6. The van der Waals surface area contributed by atoms with E-state index in [9.17, 15) is 9.59 Å². The molecule has 1 rings (SSSR count). The first-order chi connectivity index (χ1) is 12.7. The van der Waals surface area contributed by atoms with Crippen LogP contribution in [0, 0.1) is 11.3 Å². The van der Waals surface area contributed by atoms with Crippen molar-refractivity contribution >= 4 is 11.9 Å². The highest BCUT2D eigenvalue weighted by atomic mass is 16.6. The van der Waals surface area contributed by atoms with Crippen LogP contribution in [0.1, 0.15) is 85.6 Å². The maximum Gasteiger partial charge on any atom is 0.328 e. The van der Waals surface area contributed by atoms with Gasteiger partial charge in [-0.1, -0.05) is 73.1 Å². The van der Waals surface area contributed by atoms with Gasteiger partial charge in [0.15, 0.2) is 5.41 Å². The lowest BCUT2D eigenvalue weighted by atomic mass is 9.82. The predicted molar refractivity (Wildman–Crippen MR) is 109 cm³/mol. The highest BCUT2D eigenvalue weighted by Gasteiger charge is 2.47. The second kappa shape index (κ2) is 10.5. The average Bonchev–Trinajstić information content (AvgIpc) is 2.63. The normalized spacial score (nSPS) is 12.9. The average molecular weight is 377 g/mol. The molecule has 0 aromatic heterocycles. The molecule has 0 aliphatic rings. The second-order valence-corrected chi connectivity index (χ2v) is 7.85. The lowest BCUT2D eigenvalue weighted by Crippen LogP contribution is -2.44. The molecule has 0 heterocycles. The van der Waals surface area contributed by atoms with Crippen molar-refractivity contribution in [2.45, 2.75) is 86.2 Å². The van der Waals surface area contributed by atoms with Gasteiger partial charge in [0.25, 0.3) is 0 Å². The van der Waals surface area contributed by atoms with E-state index in [0.717, 1.165) is 18.4 Å². The summed E-state index contributed by atoms with van der Waals surface area (Å²) >= 11 is 0. The summed E-state index contributed by atoms with van der Waals surface area (Å²) in [4.78, 5) is 26.1. The van der Waals surface area contributed by atoms with E-state index in [0.29, 0.717) is 18.6 Å². The Hall–Kier alpha value is -1.84. The van der Waals surface area contributed by atoms with Crippen LogP contribution in [-0.2, 0) is 14.3 Å². The highest BCUT2D eigenvalue weighted by molar-refractivity contribution is 6.01. The van der Waals surface area contributed by atoms with Crippen LogP contribution in [0.5, 0.6) is 5.75 Å². The van der Waals surface area contributed by atoms with Crippen molar-refractivity contribution in [1.82, 2.24) is 0 Å². The summed E-state index contributed by atoms with van der Waals surface area (Å²) in [6, 6.07) is 7.48. The summed E-state index contributed by atoms with van der Waals surface area (Å²) in [6.45, 7) is 13.9. The standard InChI is InChI=1S/C23H36O4/c1-8-13-19(17(6)7)26-21(24)23(9-2,10-3)22(25)27-20-15-12-11-14-18(20)16(4)5/h11-12,14-17,19H,8-10,13H2,1-7H3. The Kier molecular flexibility index (Phi) is 9.01. The minimum atomic E-state index is -1.27. The van der Waals surface area contributed by atoms with Crippen molar-refractivity contribution in [1.29, 1.82) is 0 Å². The van der Waals surface area contributed by atoms with Crippen LogP contribution in [-0.4, -0.2) is 18.0 Å². The molecule has 0 saturated carbocycles. The van der Waals surface area contributed by atoms with Gasteiger partial charge in [0.1, 0.15) is 11.9 Å². The van der Waals surface area contributed by atoms with Gasteiger partial charge < -0.3 is 9.47 Å². The fourth-order valence-corrected chi connectivity index (χ4v) is 3.22. The third-order valence-electron chi connectivity index (χ3n) is 5.31. The Labute approximate surface area is 164 Å². The molecule has 1 aromatic rings. The first-order valence-electron chi connectivity index (χ1n) is 10.3. The fraction of sp³-hybridized carbons (Fsp3) is 0.652. The molecular weight excluding hydrogens is 340 g/mol. The number of carbonyl (C=O) groups excluding carboxylic acids is 2. The van der Waals surface area contributed by atoms with Crippen LogP contribution in [0.2, 0.25) is 0 Å². The first-order valence-corrected chi connectivity index (χ1v) is 10.3. The lowest BCUT2D eigenvalue weighted by Gasteiger charge is -2.31. The van der Waals surface area contributed by atoms with E-state index in [1.165, 1.54) is 0 Å². The summed E-state index contributed by atoms with van der Waals surface area (Å²) in [7, 11) is 0. The minimum Gasteiger partial charge on any atom is -0.461 e. The Bertz CT molecular complexity index is 615. The molecule has 0 saturated heterocycles. The number of hydrogen-bond acceptors (Lipinski definition) is 4. The van der Waals surface area contributed by atoms with E-state index in [2.05, 4.69) is 6.92 Å². The van der Waals surface area contributed by atoms with Gasteiger partial charge in [-0.15, -0.1) is 0 Å². The molecular formula is C23H36O4. The van der Waals surface area contributed by atoms with Crippen molar-refractivity contribution in [3.8, 4) is 5.75 Å². The van der Waals surface area contributed by atoms with E-state index in [1.807, 2.05) is 59.7 Å². The molecule has 4 nitrogen and oxygen atoms in total. The number of esters is 2. The van der Waals surface area contributed by atoms with E-state index in [1.54, 1.807) is 6.07 Å². The summed E-state index contributed by atoms with van der Waals surface area (Å²) in [5.41, 5.74) is -0.323. The van der Waals surface area contributed by atoms with E-state index >= 15 is 0 Å². The van der Waals surface area contributed by atoms with Crippen LogP contribution in [0.4, 0.5) is 0 Å². The first kappa shape index (κ1) is 23.2. The number of carbonyl (C=O) groups is 2. The Morgan fingerprint density at radius 3 is 2.04 bits per heavy atom. The van der Waals surface area contributed by atoms with Gasteiger partial charge in [0.05, 0.1) is 0 Å². The number of rotatable bonds is 10. The van der Waals surface area contributed by atoms with Gasteiger partial charge in [-0.3, -0.25) is 9.59 Å². The number of hydrogen-bond donors (Lipinski definition) is 0. The molecule has 0 aliphatic carbocycles. The maximum atomic E-state index is 13.1. The maximum absolute atomic E-state index is 13.1. The Morgan fingerprint density at radius 2 is 1.56 bits per heavy atom. The molecule has 1 aromatic carbocycles. The van der Waals surface area contributed by atoms with Gasteiger partial charge in [0, 0.05) is 0 Å². The summed E-state index contributed by atoms with van der Waals surface area (Å²) in [5.74, 6) is -0.0479. The molecule has 1 unspecified atom stereocenters. The predicted octanol–water partition coefficient (Wildman–Crippen LogP) is 5.89. The fourth-order valence-electron chi connectivity index (χ4n) is 3.22. The molecule has 1 atom stereocenters. The summed E-state index contributed by atoms with van der Waals surface area (Å²) in [5, 5.41) is 0. The van der Waals surface area contributed by atoms with Gasteiger partial charge in [-0.05, 0) is 42.7 Å². The second-order valence-electron chi connectivity index (χ2n) is 7.85. The Morgan fingerprint density at radius 1 is 0.963 bits per heavy atom. The van der Waals surface area contributed by atoms with Crippen LogP contribution >= 0.6 is 0 Å². The van der Waals surface area contributed by atoms with Crippen LogP contribution in [0.3, 0.4) is 0 Å². The van der Waals surface area contributed by atoms with Gasteiger partial charge in [-0.2, -0.15) is 0 Å². The zero-order valence-corrected chi connectivity index (χ0v) is 18.0. The summed E-state index contributed by atoms with van der Waals surface area (Å²) in [6.07, 6.45) is 2.23. The third kappa shape index (κ3) is 5.57. The Balaban J connectivity index is 3.11. The molecule has 0 aliphatic heterocycles. The zero-order valence-electron chi connectivity index (χ0n) is 18.0. The molecule has 0 N–H and O–H groups in total. The van der Waals surface area contributed by atoms with Crippen molar-refractivity contribution in [3.05, 3.63) is 29.8 Å². The molecule has 0 bridgehead atoms. The number of ether oxygens (including phenoxy) is 2. The molecule has 0 fully saturated rings. The van der Waals surface area contributed by atoms with Crippen LogP contribution in [0.25, 0.3) is 0 Å². The summed E-state index contributed by atoms with van der Waals surface area (Å²) < 4.78 is 11.5. The molecule has 152 valence electrons. The highest BCUT2D eigenvalue weighted by Crippen LogP contribution is 2.34. The molecule has 0 spiro atoms. The van der Waals surface area contributed by atoms with Crippen molar-refractivity contribution < 1.29 is 19.1 Å². The van der Waals surface area contributed by atoms with Crippen molar-refractivity contribution in [3.63, 3.8) is 0 Å². The van der Waals surface area contributed by atoms with Crippen LogP contribution in [0.15, 0.2) is 24.3 Å². The monoisotopic (exact) mass is 376 g/mol. The number of para-hydroxylation sites is 1. The topological polar surface area (TPSA) is 52.6 Å². The quantitative estimate of drug-likeness (QED) is 0.290. The smallest absolute Gasteiger partial charge is 0.328 e. The third-order valence-corrected chi connectivity index (χ3v) is 5.31. The van der Waals surface area contributed by atoms with E-state index in [-0.39, 0.29) is 17.9 Å². The SMILES string of the molecule is CCCC(OC(=O)C(CC)(CC)C(=O)Oc1ccccc1C(C)C)C(C)C. The van der Waals surface area contributed by atoms with Gasteiger partial charge >= 0.3 is 11.9 Å². The largest absolute Gasteiger partial charge is 0.461 e. The van der Waals surface area contributed by atoms with Crippen molar-refractivity contribution in [2.24, 2.45) is 11.3 Å². The van der Waals surface area contributed by atoms with Crippen LogP contribution < -0.4 is 4.74 Å². The van der Waals surface area contributed by atoms with Gasteiger partial charge in [-0.25, -0.2) is 0 Å². The van der Waals surface area contributed by atoms with Crippen molar-refractivity contribution in [2.75, 3.05) is 0 Å². The molecule has 4 heteroatoms. The molecule has 0 radical (unpaired) electrons. The lowest BCUT2D eigenvalue weighted by molar-refractivity contribution is -0.174. The number of benzene rings is 1. The molecule has 0 amide bonds.